The van der Waals surface area contributed by atoms with Gasteiger partial charge in [-0.05, 0) is 71.8 Å². The second-order valence-electron chi connectivity index (χ2n) is 13.5. The summed E-state index contributed by atoms with van der Waals surface area (Å²) in [6.45, 7) is 3.85. The fourth-order valence-electron chi connectivity index (χ4n) is 6.69. The summed E-state index contributed by atoms with van der Waals surface area (Å²) in [6.07, 6.45) is 1.22. The Hall–Kier alpha value is -4.56. The van der Waals surface area contributed by atoms with Crippen LogP contribution in [0.2, 0.25) is 0 Å². The van der Waals surface area contributed by atoms with Crippen LogP contribution in [0.5, 0.6) is 0 Å². The predicted molar refractivity (Wildman–Crippen MR) is 185 cm³/mol. The number of nitrogens with one attached hydrogen (secondary N) is 5. The number of carboxylic acid groups (broad SMARTS) is 1. The number of likely N-dealkylation sites (tertiary alicyclic amines) is 2. The molecular weight excluding hydrogens is 684 g/mol. The van der Waals surface area contributed by atoms with Crippen LogP contribution >= 0.6 is 0 Å². The first-order valence-corrected chi connectivity index (χ1v) is 17.8. The van der Waals surface area contributed by atoms with Crippen molar-refractivity contribution in [2.24, 2.45) is 16.5 Å². The molecule has 0 spiro atoms. The van der Waals surface area contributed by atoms with Crippen molar-refractivity contribution in [3.63, 3.8) is 0 Å². The lowest BCUT2D eigenvalue weighted by molar-refractivity contribution is -0.144. The van der Waals surface area contributed by atoms with Crippen LogP contribution in [0, 0.1) is 0 Å². The van der Waals surface area contributed by atoms with E-state index >= 15 is 0 Å². The molecule has 52 heavy (non-hydrogen) atoms. The number of guanidine groups is 1. The minimum Gasteiger partial charge on any atom is -0.481 e. The number of hydrogen-bond donors (Lipinski definition) is 10. The fourth-order valence-corrected chi connectivity index (χ4v) is 6.69. The van der Waals surface area contributed by atoms with Gasteiger partial charge in [0.2, 0.25) is 35.4 Å². The van der Waals surface area contributed by atoms with Crippen molar-refractivity contribution in [1.82, 2.24) is 36.4 Å². The Labute approximate surface area is 301 Å². The van der Waals surface area contributed by atoms with Gasteiger partial charge in [0.15, 0.2) is 5.96 Å². The lowest BCUT2D eigenvalue weighted by atomic mass is 10.1. The van der Waals surface area contributed by atoms with Gasteiger partial charge in [-0.1, -0.05) is 0 Å². The van der Waals surface area contributed by atoms with Crippen LogP contribution in [0.15, 0.2) is 4.99 Å². The summed E-state index contributed by atoms with van der Waals surface area (Å²) in [5, 5.41) is 42.4. The Bertz CT molecular complexity index is 1340. The summed E-state index contributed by atoms with van der Waals surface area (Å²) < 4.78 is 0. The minimum absolute atomic E-state index is 0.00878. The average molecular weight is 739 g/mol. The monoisotopic (exact) mass is 738 g/mol. The minimum atomic E-state index is -1.67. The SMILES string of the molecule is C[C@H](NC(=O)[C@@H]1CCCN1C(=O)[C@H](CCCN=C(N)N)NC(=O)[C@@H](NC(=O)[C@H](CC(=O)O)NC(=O)[C@@H]1CCCN1)[C@@H](C)O)C(=O)N1CCC[C@H]1CO. The smallest absolute Gasteiger partial charge is 0.305 e. The van der Waals surface area contributed by atoms with E-state index < -0.39 is 84.3 Å². The Morgan fingerprint density at radius 1 is 0.846 bits per heavy atom. The van der Waals surface area contributed by atoms with Crippen molar-refractivity contribution in [2.75, 3.05) is 32.8 Å². The standard InChI is InChI=1S/C32H54N10O10/c1-17(30(51)41-13-5-7-19(41)16-43)37-28(49)23-10-6-14-42(23)31(52)21(9-4-12-36-32(33)34)38-29(50)25(18(2)44)40-27(48)22(15-24(45)46)39-26(47)20-8-3-11-35-20/h17-23,25,35,43-44H,3-16H2,1-2H3,(H,37,49)(H,38,50)(H,39,47)(H,40,48)(H,45,46)(H4,33,34,36)/t17-,18+,19-,20-,21-,22-,23-,25-/m0/s1. The van der Waals surface area contributed by atoms with E-state index in [2.05, 4.69) is 31.6 Å². The quantitative estimate of drug-likeness (QED) is 0.0361. The molecule has 3 fully saturated rings. The van der Waals surface area contributed by atoms with E-state index in [9.17, 15) is 48.9 Å². The summed E-state index contributed by atoms with van der Waals surface area (Å²) in [5.41, 5.74) is 10.8. The van der Waals surface area contributed by atoms with Crippen molar-refractivity contribution in [1.29, 1.82) is 0 Å². The highest BCUT2D eigenvalue weighted by atomic mass is 16.4. The lowest BCUT2D eigenvalue weighted by Gasteiger charge is -2.31. The van der Waals surface area contributed by atoms with Crippen LogP contribution in [-0.4, -0.2) is 154 Å². The molecule has 0 bridgehead atoms. The third kappa shape index (κ3) is 11.7. The maximum absolute atomic E-state index is 14.0. The van der Waals surface area contributed by atoms with Crippen LogP contribution in [-0.2, 0) is 33.6 Å². The largest absolute Gasteiger partial charge is 0.481 e. The number of hydrogen-bond acceptors (Lipinski definition) is 11. The van der Waals surface area contributed by atoms with Crippen molar-refractivity contribution >= 4 is 47.4 Å². The first-order valence-electron chi connectivity index (χ1n) is 17.8. The molecule has 3 heterocycles. The highest BCUT2D eigenvalue weighted by Gasteiger charge is 2.41. The lowest BCUT2D eigenvalue weighted by Crippen LogP contribution is -2.61. The van der Waals surface area contributed by atoms with Crippen molar-refractivity contribution in [2.45, 2.75) is 120 Å². The van der Waals surface area contributed by atoms with Gasteiger partial charge >= 0.3 is 5.97 Å². The number of nitrogens with two attached hydrogens (primary N) is 2. The van der Waals surface area contributed by atoms with E-state index in [4.69, 9.17) is 11.5 Å². The third-order valence-electron chi connectivity index (χ3n) is 9.45. The van der Waals surface area contributed by atoms with E-state index in [1.165, 1.54) is 23.6 Å². The molecule has 3 saturated heterocycles. The van der Waals surface area contributed by atoms with Crippen LogP contribution in [0.3, 0.4) is 0 Å². The molecule has 3 aliphatic rings. The molecule has 0 radical (unpaired) electrons. The van der Waals surface area contributed by atoms with Crippen LogP contribution in [0.4, 0.5) is 0 Å². The molecule has 292 valence electrons. The predicted octanol–water partition coefficient (Wildman–Crippen LogP) is -4.42. The number of nitrogens with zero attached hydrogens (tertiary/aromatic N) is 3. The normalized spacial score (nSPS) is 22.7. The fraction of sp³-hybridized carbons (Fsp3) is 0.750. The molecule has 0 aliphatic carbocycles. The zero-order chi connectivity index (χ0) is 38.5. The molecule has 6 amide bonds. The maximum atomic E-state index is 14.0. The van der Waals surface area contributed by atoms with Gasteiger partial charge in [0, 0.05) is 19.6 Å². The molecule has 20 nitrogen and oxygen atoms in total. The molecule has 0 aromatic heterocycles. The number of rotatable bonds is 18. The molecule has 0 aromatic rings. The summed E-state index contributed by atoms with van der Waals surface area (Å²) in [7, 11) is 0. The molecule has 12 N–H and O–H groups in total. The van der Waals surface area contributed by atoms with Gasteiger partial charge in [0.05, 0.1) is 31.2 Å². The highest BCUT2D eigenvalue weighted by Crippen LogP contribution is 2.21. The second kappa shape index (κ2) is 19.9. The number of amides is 6. The molecule has 20 heteroatoms. The summed E-state index contributed by atoms with van der Waals surface area (Å²) in [5.74, 6) is -5.73. The number of aliphatic carboxylic acids is 1. The summed E-state index contributed by atoms with van der Waals surface area (Å²) in [6, 6.07) is -7.35. The zero-order valence-corrected chi connectivity index (χ0v) is 29.7. The Kier molecular flexibility index (Phi) is 16.0. The van der Waals surface area contributed by atoms with Gasteiger partial charge in [0.1, 0.15) is 30.2 Å². The van der Waals surface area contributed by atoms with Gasteiger partial charge in [-0.2, -0.15) is 0 Å². The van der Waals surface area contributed by atoms with E-state index in [-0.39, 0.29) is 56.9 Å². The Morgan fingerprint density at radius 3 is 2.15 bits per heavy atom. The summed E-state index contributed by atoms with van der Waals surface area (Å²) in [4.78, 5) is 98.2. The molecule has 0 aromatic carbocycles. The van der Waals surface area contributed by atoms with Gasteiger partial charge in [-0.3, -0.25) is 38.6 Å². The molecule has 3 aliphatic heterocycles. The van der Waals surface area contributed by atoms with Crippen molar-refractivity contribution < 1.29 is 48.9 Å². The van der Waals surface area contributed by atoms with E-state index in [1.807, 2.05) is 0 Å². The summed E-state index contributed by atoms with van der Waals surface area (Å²) >= 11 is 0. The highest BCUT2D eigenvalue weighted by molar-refractivity contribution is 5.97. The number of aliphatic imine (C=N–C) groups is 1. The first-order chi connectivity index (χ1) is 24.6. The molecule has 8 atom stereocenters. The van der Waals surface area contributed by atoms with Crippen LogP contribution < -0.4 is 38.1 Å². The van der Waals surface area contributed by atoms with Gasteiger partial charge in [0.25, 0.3) is 0 Å². The zero-order valence-electron chi connectivity index (χ0n) is 29.7. The number of aliphatic hydroxyl groups excluding tert-OH is 2. The van der Waals surface area contributed by atoms with Crippen molar-refractivity contribution in [3.05, 3.63) is 0 Å². The number of carboxylic acids is 1. The first kappa shape index (κ1) is 41.9. The van der Waals surface area contributed by atoms with Gasteiger partial charge in [-0.25, -0.2) is 0 Å². The topological polar surface area (TPSA) is 311 Å². The molecule has 0 saturated carbocycles. The van der Waals surface area contributed by atoms with Crippen LogP contribution in [0.25, 0.3) is 0 Å². The van der Waals surface area contributed by atoms with Gasteiger partial charge in [-0.15, -0.1) is 0 Å². The average Bonchev–Trinajstić information content (AvgIpc) is 3.89. The van der Waals surface area contributed by atoms with E-state index in [0.717, 1.165) is 12.8 Å². The maximum Gasteiger partial charge on any atom is 0.305 e. The third-order valence-corrected chi connectivity index (χ3v) is 9.45. The number of carbonyl (C=O) groups excluding carboxylic acids is 6. The molecule has 3 rings (SSSR count). The Balaban J connectivity index is 1.74. The van der Waals surface area contributed by atoms with E-state index in [0.29, 0.717) is 32.4 Å². The number of aliphatic hydroxyl groups is 2. The molecular formula is C32H54N10O10. The number of carbonyl (C=O) groups is 7. The van der Waals surface area contributed by atoms with E-state index in [1.54, 1.807) is 0 Å². The van der Waals surface area contributed by atoms with Gasteiger partial charge < -0.3 is 63.2 Å². The van der Waals surface area contributed by atoms with Crippen LogP contribution in [0.1, 0.15) is 71.6 Å². The molecule has 0 unspecified atom stereocenters. The Morgan fingerprint density at radius 2 is 1.54 bits per heavy atom. The second-order valence-corrected chi connectivity index (χ2v) is 13.5. The van der Waals surface area contributed by atoms with Crippen molar-refractivity contribution in [3.8, 4) is 0 Å².